The molecule has 0 aliphatic carbocycles. The number of nitrogens with two attached hydrogens (primary N) is 1. The van der Waals surface area contributed by atoms with Crippen molar-refractivity contribution in [3.63, 3.8) is 0 Å². The Balaban J connectivity index is 1.92. The van der Waals surface area contributed by atoms with Gasteiger partial charge in [0.2, 0.25) is 5.91 Å². The molecule has 0 aliphatic rings. The van der Waals surface area contributed by atoms with Crippen LogP contribution < -0.4 is 11.1 Å². The van der Waals surface area contributed by atoms with E-state index in [4.69, 9.17) is 5.73 Å². The van der Waals surface area contributed by atoms with Crippen LogP contribution in [-0.2, 0) is 11.2 Å². The Bertz CT molecular complexity index is 592. The molecule has 0 radical (unpaired) electrons. The number of hydrogen-bond acceptors (Lipinski definition) is 4. The number of benzene rings is 1. The summed E-state index contributed by atoms with van der Waals surface area (Å²) in [6.45, 7) is 3.99. The van der Waals surface area contributed by atoms with E-state index in [2.05, 4.69) is 10.3 Å². The van der Waals surface area contributed by atoms with Gasteiger partial charge in [-0.15, -0.1) is 11.3 Å². The normalized spacial score (nSPS) is 10.4. The van der Waals surface area contributed by atoms with Crippen LogP contribution in [0.2, 0.25) is 0 Å². The summed E-state index contributed by atoms with van der Waals surface area (Å²) in [7, 11) is 0. The third-order valence-corrected chi connectivity index (χ3v) is 3.57. The maximum Gasteiger partial charge on any atom is 0.224 e. The summed E-state index contributed by atoms with van der Waals surface area (Å²) in [5.41, 5.74) is 9.50. The number of amides is 1. The minimum atomic E-state index is 0.000251. The predicted octanol–water partition coefficient (Wildman–Crippen LogP) is 2.91. The molecule has 0 saturated carbocycles. The molecule has 100 valence electrons. The Labute approximate surface area is 116 Å². The fraction of sp³-hybridized carbons (Fsp3) is 0.286. The zero-order valence-corrected chi connectivity index (χ0v) is 11.9. The number of nitrogens with one attached hydrogen (secondary N) is 1. The SMILES string of the molecule is Cc1ccc(C)c(NC(=O)CCc2csc(N)n2)c1. The lowest BCUT2D eigenvalue weighted by Crippen LogP contribution is -2.13. The van der Waals surface area contributed by atoms with Crippen LogP contribution in [0.5, 0.6) is 0 Å². The number of aromatic nitrogens is 1. The number of anilines is 2. The maximum atomic E-state index is 11.9. The number of thiazole rings is 1. The molecule has 1 heterocycles. The van der Waals surface area contributed by atoms with Gasteiger partial charge in [0.1, 0.15) is 0 Å². The summed E-state index contributed by atoms with van der Waals surface area (Å²) in [6.07, 6.45) is 1.03. The van der Waals surface area contributed by atoms with Gasteiger partial charge >= 0.3 is 0 Å². The van der Waals surface area contributed by atoms with E-state index in [-0.39, 0.29) is 5.91 Å². The third kappa shape index (κ3) is 3.79. The standard InChI is InChI=1S/C14H17N3OS/c1-9-3-4-10(2)12(7-9)17-13(18)6-5-11-8-19-14(15)16-11/h3-4,7-8H,5-6H2,1-2H3,(H2,15,16)(H,17,18). The number of rotatable bonds is 4. The highest BCUT2D eigenvalue weighted by atomic mass is 32.1. The molecule has 5 heteroatoms. The van der Waals surface area contributed by atoms with Crippen LogP contribution in [0.1, 0.15) is 23.2 Å². The smallest absolute Gasteiger partial charge is 0.224 e. The van der Waals surface area contributed by atoms with Crippen LogP contribution in [0, 0.1) is 13.8 Å². The monoisotopic (exact) mass is 275 g/mol. The Morgan fingerprint density at radius 2 is 2.21 bits per heavy atom. The van der Waals surface area contributed by atoms with Crippen LogP contribution in [0.3, 0.4) is 0 Å². The summed E-state index contributed by atoms with van der Waals surface area (Å²) in [4.78, 5) is 16.0. The van der Waals surface area contributed by atoms with E-state index in [0.717, 1.165) is 22.5 Å². The summed E-state index contributed by atoms with van der Waals surface area (Å²) in [5, 5.41) is 5.37. The first-order valence-corrected chi connectivity index (χ1v) is 6.99. The van der Waals surface area contributed by atoms with Crippen LogP contribution in [0.15, 0.2) is 23.6 Å². The molecule has 19 heavy (non-hydrogen) atoms. The highest BCUT2D eigenvalue weighted by molar-refractivity contribution is 7.13. The van der Waals surface area contributed by atoms with Crippen LogP contribution in [0.25, 0.3) is 0 Å². The molecule has 1 aromatic carbocycles. The van der Waals surface area contributed by atoms with E-state index in [9.17, 15) is 4.79 Å². The van der Waals surface area contributed by atoms with Gasteiger partial charge in [-0.2, -0.15) is 0 Å². The van der Waals surface area contributed by atoms with Gasteiger partial charge in [0, 0.05) is 17.5 Å². The number of hydrogen-bond donors (Lipinski definition) is 2. The van der Waals surface area contributed by atoms with Crippen molar-refractivity contribution < 1.29 is 4.79 Å². The van der Waals surface area contributed by atoms with Crippen molar-refractivity contribution >= 4 is 28.1 Å². The molecule has 0 spiro atoms. The first kappa shape index (κ1) is 13.5. The summed E-state index contributed by atoms with van der Waals surface area (Å²) >= 11 is 1.40. The van der Waals surface area contributed by atoms with E-state index in [1.54, 1.807) is 0 Å². The topological polar surface area (TPSA) is 68.0 Å². The van der Waals surface area contributed by atoms with E-state index >= 15 is 0 Å². The minimum absolute atomic E-state index is 0.000251. The molecular formula is C14H17N3OS. The van der Waals surface area contributed by atoms with Crippen LogP contribution >= 0.6 is 11.3 Å². The average Bonchev–Trinajstić information content (AvgIpc) is 2.77. The molecule has 0 atom stereocenters. The number of carbonyl (C=O) groups is 1. The predicted molar refractivity (Wildman–Crippen MR) is 79.4 cm³/mol. The second kappa shape index (κ2) is 5.84. The van der Waals surface area contributed by atoms with Gasteiger partial charge in [-0.25, -0.2) is 4.98 Å². The van der Waals surface area contributed by atoms with Crippen molar-refractivity contribution in [1.29, 1.82) is 0 Å². The van der Waals surface area contributed by atoms with Crippen molar-refractivity contribution in [3.8, 4) is 0 Å². The fourth-order valence-corrected chi connectivity index (χ4v) is 2.36. The largest absolute Gasteiger partial charge is 0.375 e. The minimum Gasteiger partial charge on any atom is -0.375 e. The molecular weight excluding hydrogens is 258 g/mol. The number of carbonyl (C=O) groups excluding carboxylic acids is 1. The van der Waals surface area contributed by atoms with Crippen molar-refractivity contribution in [2.75, 3.05) is 11.1 Å². The lowest BCUT2D eigenvalue weighted by molar-refractivity contribution is -0.116. The van der Waals surface area contributed by atoms with E-state index < -0.39 is 0 Å². The molecule has 1 amide bonds. The van der Waals surface area contributed by atoms with Gasteiger partial charge in [0.15, 0.2) is 5.13 Å². The van der Waals surface area contributed by atoms with Gasteiger partial charge in [-0.05, 0) is 37.5 Å². The summed E-state index contributed by atoms with van der Waals surface area (Å²) in [6, 6.07) is 6.02. The van der Waals surface area contributed by atoms with Gasteiger partial charge in [-0.3, -0.25) is 4.79 Å². The number of nitrogens with zero attached hydrogens (tertiary/aromatic N) is 1. The lowest BCUT2D eigenvalue weighted by Gasteiger charge is -2.08. The Morgan fingerprint density at radius 3 is 2.89 bits per heavy atom. The van der Waals surface area contributed by atoms with Crippen molar-refractivity contribution in [1.82, 2.24) is 4.98 Å². The molecule has 2 aromatic rings. The van der Waals surface area contributed by atoms with E-state index in [0.29, 0.717) is 18.0 Å². The summed E-state index contributed by atoms with van der Waals surface area (Å²) < 4.78 is 0. The van der Waals surface area contributed by atoms with Crippen LogP contribution in [-0.4, -0.2) is 10.9 Å². The van der Waals surface area contributed by atoms with E-state index in [1.807, 2.05) is 37.4 Å². The number of nitrogen functional groups attached to an aromatic ring is 1. The number of aryl methyl sites for hydroxylation is 3. The molecule has 3 N–H and O–H groups in total. The average molecular weight is 275 g/mol. The molecule has 0 bridgehead atoms. The van der Waals surface area contributed by atoms with Gasteiger partial charge in [-0.1, -0.05) is 12.1 Å². The first-order chi connectivity index (χ1) is 9.04. The van der Waals surface area contributed by atoms with Crippen molar-refractivity contribution in [2.45, 2.75) is 26.7 Å². The molecule has 2 rings (SSSR count). The van der Waals surface area contributed by atoms with Gasteiger partial charge in [0.25, 0.3) is 0 Å². The van der Waals surface area contributed by atoms with Crippen LogP contribution in [0.4, 0.5) is 10.8 Å². The van der Waals surface area contributed by atoms with Crippen molar-refractivity contribution in [2.24, 2.45) is 0 Å². The molecule has 0 fully saturated rings. The zero-order valence-electron chi connectivity index (χ0n) is 11.1. The molecule has 1 aromatic heterocycles. The Hall–Kier alpha value is -1.88. The van der Waals surface area contributed by atoms with Gasteiger partial charge < -0.3 is 11.1 Å². The highest BCUT2D eigenvalue weighted by Gasteiger charge is 2.07. The first-order valence-electron chi connectivity index (χ1n) is 6.11. The summed E-state index contributed by atoms with van der Waals surface area (Å²) in [5.74, 6) is 0.000251. The van der Waals surface area contributed by atoms with Gasteiger partial charge in [0.05, 0.1) is 5.69 Å². The lowest BCUT2D eigenvalue weighted by atomic mass is 10.1. The maximum absolute atomic E-state index is 11.9. The quantitative estimate of drug-likeness (QED) is 0.901. The molecule has 0 aliphatic heterocycles. The zero-order chi connectivity index (χ0) is 13.8. The molecule has 0 unspecified atom stereocenters. The van der Waals surface area contributed by atoms with Crippen molar-refractivity contribution in [3.05, 3.63) is 40.4 Å². The Morgan fingerprint density at radius 1 is 1.42 bits per heavy atom. The fourth-order valence-electron chi connectivity index (χ4n) is 1.76. The molecule has 0 saturated heterocycles. The second-order valence-electron chi connectivity index (χ2n) is 4.54. The second-order valence-corrected chi connectivity index (χ2v) is 5.43. The highest BCUT2D eigenvalue weighted by Crippen LogP contribution is 2.17. The Kier molecular flexibility index (Phi) is 4.16. The van der Waals surface area contributed by atoms with E-state index in [1.165, 1.54) is 11.3 Å². The molecule has 4 nitrogen and oxygen atoms in total. The third-order valence-electron chi connectivity index (χ3n) is 2.84.